The van der Waals surface area contributed by atoms with Crippen LogP contribution in [-0.4, -0.2) is 41.2 Å². The van der Waals surface area contributed by atoms with Crippen LogP contribution in [0.1, 0.15) is 50.2 Å². The van der Waals surface area contributed by atoms with Crippen LogP contribution < -0.4 is 5.32 Å². The van der Waals surface area contributed by atoms with E-state index in [1.54, 1.807) is 6.92 Å². The van der Waals surface area contributed by atoms with Gasteiger partial charge in [0, 0.05) is 18.6 Å². The lowest BCUT2D eigenvalue weighted by molar-refractivity contribution is -0.157. The van der Waals surface area contributed by atoms with Crippen molar-refractivity contribution in [2.75, 3.05) is 6.61 Å². The van der Waals surface area contributed by atoms with E-state index in [9.17, 15) is 9.59 Å². The zero-order valence-corrected chi connectivity index (χ0v) is 18.7. The third-order valence-corrected chi connectivity index (χ3v) is 6.61. The molecule has 2 aliphatic heterocycles. The van der Waals surface area contributed by atoms with Crippen LogP contribution in [0.3, 0.4) is 0 Å². The van der Waals surface area contributed by atoms with Gasteiger partial charge in [-0.05, 0) is 43.7 Å². The first-order valence-corrected chi connectivity index (χ1v) is 11.6. The molecule has 4 rings (SSSR count). The van der Waals surface area contributed by atoms with E-state index in [4.69, 9.17) is 9.47 Å². The number of carbonyl (C=O) groups is 2. The minimum atomic E-state index is -1.05. The van der Waals surface area contributed by atoms with Crippen molar-refractivity contribution in [3.8, 4) is 0 Å². The number of hydrogen-bond donors (Lipinski definition) is 1. The van der Waals surface area contributed by atoms with Crippen molar-refractivity contribution in [1.82, 2.24) is 10.2 Å². The number of piperidine rings is 2. The van der Waals surface area contributed by atoms with Crippen molar-refractivity contribution < 1.29 is 19.1 Å². The molecule has 0 aromatic heterocycles. The number of hydrogen-bond acceptors (Lipinski definition) is 5. The Morgan fingerprint density at radius 2 is 1.53 bits per heavy atom. The highest BCUT2D eigenvalue weighted by atomic mass is 16.6. The molecule has 0 saturated carbocycles. The Hall–Kier alpha value is -2.86. The summed E-state index contributed by atoms with van der Waals surface area (Å²) in [6.45, 7) is 3.10. The van der Waals surface area contributed by atoms with Gasteiger partial charge in [0.1, 0.15) is 12.1 Å². The second-order valence-electron chi connectivity index (χ2n) is 8.79. The van der Waals surface area contributed by atoms with Crippen molar-refractivity contribution >= 4 is 12.1 Å². The van der Waals surface area contributed by atoms with Gasteiger partial charge in [-0.15, -0.1) is 0 Å². The van der Waals surface area contributed by atoms with E-state index in [0.29, 0.717) is 12.8 Å². The fraction of sp³-hybridized carbons (Fsp3) is 0.462. The maximum Gasteiger partial charge on any atom is 0.408 e. The molecule has 2 aromatic carbocycles. The van der Waals surface area contributed by atoms with Crippen molar-refractivity contribution in [1.29, 1.82) is 0 Å². The third-order valence-electron chi connectivity index (χ3n) is 6.61. The molecule has 0 spiro atoms. The van der Waals surface area contributed by atoms with Crippen LogP contribution in [0.15, 0.2) is 60.7 Å². The first kappa shape index (κ1) is 22.3. The van der Waals surface area contributed by atoms with Crippen LogP contribution in [0.2, 0.25) is 0 Å². The predicted molar refractivity (Wildman–Crippen MR) is 122 cm³/mol. The molecule has 2 aliphatic rings. The van der Waals surface area contributed by atoms with Gasteiger partial charge >= 0.3 is 12.1 Å². The molecule has 2 heterocycles. The molecule has 2 aromatic rings. The lowest BCUT2D eigenvalue weighted by Crippen LogP contribution is -2.66. The maximum atomic E-state index is 13.1. The Morgan fingerprint density at radius 3 is 2.12 bits per heavy atom. The molecule has 6 nitrogen and oxygen atoms in total. The Balaban J connectivity index is 1.49. The van der Waals surface area contributed by atoms with E-state index >= 15 is 0 Å². The fourth-order valence-electron chi connectivity index (χ4n) is 5.14. The van der Waals surface area contributed by atoms with Crippen LogP contribution in [0.25, 0.3) is 0 Å². The van der Waals surface area contributed by atoms with Crippen molar-refractivity contribution in [3.05, 3.63) is 71.8 Å². The van der Waals surface area contributed by atoms with Gasteiger partial charge in [0.2, 0.25) is 0 Å². The van der Waals surface area contributed by atoms with E-state index in [-0.39, 0.29) is 31.3 Å². The molecule has 1 N–H and O–H groups in total. The van der Waals surface area contributed by atoms with Gasteiger partial charge in [0.05, 0.1) is 6.61 Å². The molecule has 170 valence electrons. The number of nitrogens with zero attached hydrogens (tertiary/aromatic N) is 1. The third kappa shape index (κ3) is 5.13. The summed E-state index contributed by atoms with van der Waals surface area (Å²) in [5, 5.41) is 2.94. The van der Waals surface area contributed by atoms with Crippen LogP contribution in [0.4, 0.5) is 4.79 Å². The van der Waals surface area contributed by atoms with Crippen molar-refractivity contribution in [2.45, 2.75) is 69.8 Å². The lowest BCUT2D eigenvalue weighted by atomic mass is 9.73. The van der Waals surface area contributed by atoms with E-state index in [0.717, 1.165) is 31.4 Å². The molecule has 0 aliphatic carbocycles. The summed E-state index contributed by atoms with van der Waals surface area (Å²) < 4.78 is 10.9. The summed E-state index contributed by atoms with van der Waals surface area (Å²) in [6.07, 6.45) is 3.65. The highest BCUT2D eigenvalue weighted by Gasteiger charge is 2.52. The van der Waals surface area contributed by atoms with Crippen LogP contribution in [0, 0.1) is 0 Å². The van der Waals surface area contributed by atoms with Crippen LogP contribution >= 0.6 is 0 Å². The smallest absolute Gasteiger partial charge is 0.408 e. The number of amides is 1. The predicted octanol–water partition coefficient (Wildman–Crippen LogP) is 4.43. The Labute approximate surface area is 189 Å². The Kier molecular flexibility index (Phi) is 7.10. The molecule has 32 heavy (non-hydrogen) atoms. The number of nitrogens with one attached hydrogen (secondary N) is 1. The number of ether oxygens (including phenoxy) is 2. The second-order valence-corrected chi connectivity index (χ2v) is 8.79. The topological polar surface area (TPSA) is 67.9 Å². The summed E-state index contributed by atoms with van der Waals surface area (Å²) in [7, 11) is 0. The maximum absolute atomic E-state index is 13.1. The quantitative estimate of drug-likeness (QED) is 0.651. The van der Waals surface area contributed by atoms with E-state index in [2.05, 4.69) is 34.5 Å². The number of rotatable bonds is 7. The molecule has 2 atom stereocenters. The highest BCUT2D eigenvalue weighted by Crippen LogP contribution is 2.41. The van der Waals surface area contributed by atoms with Gasteiger partial charge in [-0.3, -0.25) is 4.90 Å². The standard InChI is InChI=1S/C26H32N2O4/c1-2-31-24(29)26(27-25(30)32-19-21-12-7-4-8-13-21)16-22-14-9-15-23(17-26)28(22)18-20-10-5-3-6-11-20/h3-8,10-13,22-23H,2,9,14-19H2,1H3,(H,27,30). The van der Waals surface area contributed by atoms with Crippen molar-refractivity contribution in [2.24, 2.45) is 0 Å². The molecule has 6 heteroatoms. The minimum absolute atomic E-state index is 0.165. The molecule has 1 amide bonds. The first-order valence-electron chi connectivity index (χ1n) is 11.6. The zero-order chi connectivity index (χ0) is 22.4. The number of alkyl carbamates (subject to hydrolysis) is 1. The molecular formula is C26H32N2O4. The van der Waals surface area contributed by atoms with Gasteiger partial charge in [-0.25, -0.2) is 9.59 Å². The summed E-state index contributed by atoms with van der Waals surface area (Å²) in [5.74, 6) is -0.354. The van der Waals surface area contributed by atoms with Gasteiger partial charge in [-0.2, -0.15) is 0 Å². The van der Waals surface area contributed by atoms with E-state index in [1.165, 1.54) is 5.56 Å². The summed E-state index contributed by atoms with van der Waals surface area (Å²) in [5.41, 5.74) is 1.12. The lowest BCUT2D eigenvalue weighted by Gasteiger charge is -2.52. The van der Waals surface area contributed by atoms with Crippen LogP contribution in [-0.2, 0) is 27.4 Å². The minimum Gasteiger partial charge on any atom is -0.464 e. The SMILES string of the molecule is CCOC(=O)C1(NC(=O)OCc2ccccc2)CC2CCCC(C1)N2Cc1ccccc1. The normalized spacial score (nSPS) is 25.0. The largest absolute Gasteiger partial charge is 0.464 e. The number of fused-ring (bicyclic) bond motifs is 2. The molecule has 0 radical (unpaired) electrons. The Bertz CT molecular complexity index is 889. The second kappa shape index (κ2) is 10.2. The molecule has 2 unspecified atom stereocenters. The van der Waals surface area contributed by atoms with E-state index < -0.39 is 11.6 Å². The van der Waals surface area contributed by atoms with Crippen molar-refractivity contribution in [3.63, 3.8) is 0 Å². The summed E-state index contributed by atoms with van der Waals surface area (Å²) >= 11 is 0. The molecule has 2 fully saturated rings. The zero-order valence-electron chi connectivity index (χ0n) is 18.7. The van der Waals surface area contributed by atoms with Crippen LogP contribution in [0.5, 0.6) is 0 Å². The first-order chi connectivity index (χ1) is 15.6. The van der Waals surface area contributed by atoms with E-state index in [1.807, 2.05) is 36.4 Å². The van der Waals surface area contributed by atoms with Gasteiger partial charge < -0.3 is 14.8 Å². The highest BCUT2D eigenvalue weighted by molar-refractivity contribution is 5.86. The number of carbonyl (C=O) groups excluding carboxylic acids is 2. The van der Waals surface area contributed by atoms with Gasteiger partial charge in [-0.1, -0.05) is 67.1 Å². The monoisotopic (exact) mass is 436 g/mol. The molecule has 2 saturated heterocycles. The van der Waals surface area contributed by atoms with Gasteiger partial charge in [0.25, 0.3) is 0 Å². The fourth-order valence-corrected chi connectivity index (χ4v) is 5.14. The average molecular weight is 437 g/mol. The number of benzene rings is 2. The Morgan fingerprint density at radius 1 is 0.938 bits per heavy atom. The number of esters is 1. The summed E-state index contributed by atoms with van der Waals surface area (Å²) in [6, 6.07) is 20.4. The van der Waals surface area contributed by atoms with Gasteiger partial charge in [0.15, 0.2) is 0 Å². The average Bonchev–Trinajstić information content (AvgIpc) is 2.80. The molecular weight excluding hydrogens is 404 g/mol. The summed E-state index contributed by atoms with van der Waals surface area (Å²) in [4.78, 5) is 28.4. The molecule has 2 bridgehead atoms.